The van der Waals surface area contributed by atoms with Gasteiger partial charge < -0.3 is 10.6 Å². The van der Waals surface area contributed by atoms with Crippen LogP contribution in [0.5, 0.6) is 0 Å². The SMILES string of the molecule is CC(NC(=O)/C(C#N)=C\NCc1cccc(Br)c1)c1ccccc1. The van der Waals surface area contributed by atoms with Gasteiger partial charge in [-0.1, -0.05) is 58.4 Å². The number of amides is 1. The minimum Gasteiger partial charge on any atom is -0.386 e. The van der Waals surface area contributed by atoms with Crippen molar-refractivity contribution >= 4 is 21.8 Å². The van der Waals surface area contributed by atoms with Gasteiger partial charge in [0, 0.05) is 17.2 Å². The Labute approximate surface area is 150 Å². The van der Waals surface area contributed by atoms with Crippen LogP contribution in [-0.2, 0) is 11.3 Å². The van der Waals surface area contributed by atoms with E-state index in [-0.39, 0.29) is 11.6 Å². The maximum absolute atomic E-state index is 12.2. The van der Waals surface area contributed by atoms with Gasteiger partial charge in [-0.3, -0.25) is 4.79 Å². The Morgan fingerprint density at radius 3 is 2.67 bits per heavy atom. The van der Waals surface area contributed by atoms with Crippen molar-refractivity contribution in [2.45, 2.75) is 19.5 Å². The molecule has 0 heterocycles. The summed E-state index contributed by atoms with van der Waals surface area (Å²) in [6.07, 6.45) is 1.45. The quantitative estimate of drug-likeness (QED) is 0.588. The summed E-state index contributed by atoms with van der Waals surface area (Å²) in [5.74, 6) is -0.393. The molecule has 1 atom stereocenters. The first kappa shape index (κ1) is 17.8. The molecule has 2 aromatic carbocycles. The van der Waals surface area contributed by atoms with E-state index in [0.717, 1.165) is 15.6 Å². The van der Waals surface area contributed by atoms with E-state index < -0.39 is 5.91 Å². The van der Waals surface area contributed by atoms with Crippen molar-refractivity contribution < 1.29 is 4.79 Å². The molecule has 0 aliphatic carbocycles. The number of rotatable bonds is 6. The fraction of sp³-hybridized carbons (Fsp3) is 0.158. The molecule has 4 nitrogen and oxygen atoms in total. The highest BCUT2D eigenvalue weighted by Gasteiger charge is 2.13. The zero-order valence-electron chi connectivity index (χ0n) is 13.3. The number of nitrogens with one attached hydrogen (secondary N) is 2. The summed E-state index contributed by atoms with van der Waals surface area (Å²) in [6.45, 7) is 2.42. The summed E-state index contributed by atoms with van der Waals surface area (Å²) in [7, 11) is 0. The zero-order chi connectivity index (χ0) is 17.4. The van der Waals surface area contributed by atoms with Crippen LogP contribution in [-0.4, -0.2) is 5.91 Å². The number of carbonyl (C=O) groups excluding carboxylic acids is 1. The normalized spacial score (nSPS) is 12.1. The third-order valence-corrected chi connectivity index (χ3v) is 3.95. The van der Waals surface area contributed by atoms with E-state index in [9.17, 15) is 10.1 Å². The first-order valence-electron chi connectivity index (χ1n) is 7.54. The Balaban J connectivity index is 1.94. The second-order valence-corrected chi connectivity index (χ2v) is 6.20. The minimum absolute atomic E-state index is 0.0489. The Morgan fingerprint density at radius 2 is 2.00 bits per heavy atom. The minimum atomic E-state index is -0.393. The fourth-order valence-electron chi connectivity index (χ4n) is 2.17. The van der Waals surface area contributed by atoms with E-state index in [1.54, 1.807) is 0 Å². The molecule has 2 N–H and O–H groups in total. The number of hydrogen-bond donors (Lipinski definition) is 2. The lowest BCUT2D eigenvalue weighted by atomic mass is 10.1. The van der Waals surface area contributed by atoms with Gasteiger partial charge >= 0.3 is 0 Å². The van der Waals surface area contributed by atoms with Crippen molar-refractivity contribution in [2.75, 3.05) is 0 Å². The molecule has 0 fully saturated rings. The molecule has 5 heteroatoms. The Kier molecular flexibility index (Phi) is 6.59. The van der Waals surface area contributed by atoms with E-state index in [1.807, 2.05) is 67.6 Å². The smallest absolute Gasteiger partial charge is 0.263 e. The lowest BCUT2D eigenvalue weighted by Crippen LogP contribution is -2.28. The predicted molar refractivity (Wildman–Crippen MR) is 97.7 cm³/mol. The summed E-state index contributed by atoms with van der Waals surface area (Å²) in [6, 6.07) is 19.2. The molecule has 24 heavy (non-hydrogen) atoms. The number of carbonyl (C=O) groups is 1. The van der Waals surface area contributed by atoms with Crippen LogP contribution in [0.1, 0.15) is 24.1 Å². The van der Waals surface area contributed by atoms with E-state index in [1.165, 1.54) is 6.20 Å². The maximum atomic E-state index is 12.2. The van der Waals surface area contributed by atoms with Gasteiger partial charge in [-0.15, -0.1) is 0 Å². The van der Waals surface area contributed by atoms with Crippen molar-refractivity contribution in [3.05, 3.63) is 82.0 Å². The van der Waals surface area contributed by atoms with Crippen molar-refractivity contribution in [3.8, 4) is 6.07 Å². The van der Waals surface area contributed by atoms with Gasteiger partial charge in [-0.25, -0.2) is 0 Å². The number of benzene rings is 2. The molecule has 1 amide bonds. The van der Waals surface area contributed by atoms with Gasteiger partial charge in [0.05, 0.1) is 6.04 Å². The average Bonchev–Trinajstić information content (AvgIpc) is 2.59. The third-order valence-electron chi connectivity index (χ3n) is 3.45. The fourth-order valence-corrected chi connectivity index (χ4v) is 2.61. The molecule has 0 spiro atoms. The summed E-state index contributed by atoms with van der Waals surface area (Å²) in [5.41, 5.74) is 2.09. The number of halogens is 1. The van der Waals surface area contributed by atoms with Crippen LogP contribution in [0.3, 0.4) is 0 Å². The van der Waals surface area contributed by atoms with Crippen LogP contribution in [0.15, 0.2) is 70.8 Å². The van der Waals surface area contributed by atoms with Gasteiger partial charge in [0.2, 0.25) is 0 Å². The summed E-state index contributed by atoms with van der Waals surface area (Å²) in [4.78, 5) is 12.2. The highest BCUT2D eigenvalue weighted by molar-refractivity contribution is 9.10. The standard InChI is InChI=1S/C19H18BrN3O/c1-14(16-7-3-2-4-8-16)23-19(24)17(11-21)13-22-12-15-6-5-9-18(20)10-15/h2-10,13-14,22H,12H2,1H3,(H,23,24)/b17-13-. The van der Waals surface area contributed by atoms with Gasteiger partial charge in [-0.2, -0.15) is 5.26 Å². The van der Waals surface area contributed by atoms with Gasteiger partial charge in [0.25, 0.3) is 5.91 Å². The Bertz CT molecular complexity index is 766. The van der Waals surface area contributed by atoms with Crippen molar-refractivity contribution in [3.63, 3.8) is 0 Å². The number of hydrogen-bond acceptors (Lipinski definition) is 3. The van der Waals surface area contributed by atoms with E-state index in [0.29, 0.717) is 6.54 Å². The predicted octanol–water partition coefficient (Wildman–Crippen LogP) is 3.82. The Morgan fingerprint density at radius 1 is 1.25 bits per heavy atom. The summed E-state index contributed by atoms with van der Waals surface area (Å²) < 4.78 is 0.987. The molecule has 0 radical (unpaired) electrons. The van der Waals surface area contributed by atoms with Crippen LogP contribution in [0.4, 0.5) is 0 Å². The molecule has 0 saturated heterocycles. The molecule has 0 bridgehead atoms. The maximum Gasteiger partial charge on any atom is 0.263 e. The first-order chi connectivity index (χ1) is 11.6. The van der Waals surface area contributed by atoms with E-state index in [4.69, 9.17) is 0 Å². The first-order valence-corrected chi connectivity index (χ1v) is 8.33. The highest BCUT2D eigenvalue weighted by atomic mass is 79.9. The van der Waals surface area contributed by atoms with Crippen molar-refractivity contribution in [2.24, 2.45) is 0 Å². The molecule has 0 aliphatic rings. The van der Waals surface area contributed by atoms with Crippen molar-refractivity contribution in [1.29, 1.82) is 5.26 Å². The molecule has 0 aliphatic heterocycles. The summed E-state index contributed by atoms with van der Waals surface area (Å²) >= 11 is 3.41. The largest absolute Gasteiger partial charge is 0.386 e. The lowest BCUT2D eigenvalue weighted by molar-refractivity contribution is -0.117. The summed E-state index contributed by atoms with van der Waals surface area (Å²) in [5, 5.41) is 15.0. The molecular weight excluding hydrogens is 366 g/mol. The molecule has 2 aromatic rings. The molecule has 0 aromatic heterocycles. The monoisotopic (exact) mass is 383 g/mol. The molecule has 1 unspecified atom stereocenters. The van der Waals surface area contributed by atoms with Crippen LogP contribution in [0.25, 0.3) is 0 Å². The van der Waals surface area contributed by atoms with Crippen LogP contribution < -0.4 is 10.6 Å². The molecular formula is C19H18BrN3O. The van der Waals surface area contributed by atoms with Crippen LogP contribution in [0, 0.1) is 11.3 Å². The van der Waals surface area contributed by atoms with Crippen LogP contribution >= 0.6 is 15.9 Å². The van der Waals surface area contributed by atoms with E-state index in [2.05, 4.69) is 26.6 Å². The topological polar surface area (TPSA) is 64.9 Å². The Hall–Kier alpha value is -2.58. The number of nitrogens with zero attached hydrogens (tertiary/aromatic N) is 1. The van der Waals surface area contributed by atoms with Gasteiger partial charge in [-0.05, 0) is 30.2 Å². The van der Waals surface area contributed by atoms with Gasteiger partial charge in [0.15, 0.2) is 0 Å². The number of nitriles is 1. The second kappa shape index (κ2) is 8.90. The zero-order valence-corrected chi connectivity index (χ0v) is 14.9. The third kappa shape index (κ3) is 5.25. The van der Waals surface area contributed by atoms with Crippen LogP contribution in [0.2, 0.25) is 0 Å². The second-order valence-electron chi connectivity index (χ2n) is 5.29. The molecule has 2 rings (SSSR count). The highest BCUT2D eigenvalue weighted by Crippen LogP contribution is 2.12. The lowest BCUT2D eigenvalue weighted by Gasteiger charge is -2.13. The molecule has 0 saturated carbocycles. The van der Waals surface area contributed by atoms with Gasteiger partial charge in [0.1, 0.15) is 11.6 Å². The average molecular weight is 384 g/mol. The van der Waals surface area contributed by atoms with E-state index >= 15 is 0 Å². The molecule has 122 valence electrons. The van der Waals surface area contributed by atoms with Crippen molar-refractivity contribution in [1.82, 2.24) is 10.6 Å².